The van der Waals surface area contributed by atoms with Crippen LogP contribution in [0, 0.1) is 0 Å². The maximum absolute atomic E-state index is 11.8. The summed E-state index contributed by atoms with van der Waals surface area (Å²) < 4.78 is 17.7. The van der Waals surface area contributed by atoms with Gasteiger partial charge in [-0.05, 0) is 36.4 Å². The number of hydrogen-bond acceptors (Lipinski definition) is 4. The summed E-state index contributed by atoms with van der Waals surface area (Å²) in [6, 6.07) is 14.8. The number of hydrogen-bond donors (Lipinski definition) is 1. The van der Waals surface area contributed by atoms with Crippen LogP contribution in [0.5, 0.6) is 17.2 Å². The summed E-state index contributed by atoms with van der Waals surface area (Å²) in [5.41, 5.74) is 0. The zero-order chi connectivity index (χ0) is 16.1. The van der Waals surface area contributed by atoms with Gasteiger partial charge in [0.05, 0.1) is 6.54 Å². The van der Waals surface area contributed by atoms with Gasteiger partial charge in [-0.1, -0.05) is 28.1 Å². The van der Waals surface area contributed by atoms with E-state index in [1.807, 2.05) is 36.4 Å². The highest BCUT2D eigenvalue weighted by atomic mass is 79.9. The smallest absolute Gasteiger partial charge is 0.258 e. The second-order valence-corrected chi connectivity index (χ2v) is 5.96. The summed E-state index contributed by atoms with van der Waals surface area (Å²) in [6.45, 7) is 0.744. The number of ether oxygens (including phenoxy) is 3. The van der Waals surface area contributed by atoms with E-state index in [9.17, 15) is 4.79 Å². The van der Waals surface area contributed by atoms with Crippen molar-refractivity contribution in [2.75, 3.05) is 19.8 Å². The molecule has 0 spiro atoms. The van der Waals surface area contributed by atoms with Crippen LogP contribution in [0.25, 0.3) is 0 Å². The number of rotatable bonds is 5. The summed E-state index contributed by atoms with van der Waals surface area (Å²) >= 11 is 3.35. The van der Waals surface area contributed by atoms with Crippen LogP contribution in [0.2, 0.25) is 0 Å². The van der Waals surface area contributed by atoms with E-state index in [0.29, 0.717) is 24.7 Å². The Hall–Kier alpha value is -2.21. The molecule has 0 aliphatic carbocycles. The molecule has 120 valence electrons. The van der Waals surface area contributed by atoms with Crippen molar-refractivity contribution in [3.63, 3.8) is 0 Å². The molecule has 23 heavy (non-hydrogen) atoms. The highest BCUT2D eigenvalue weighted by molar-refractivity contribution is 9.10. The van der Waals surface area contributed by atoms with Gasteiger partial charge in [0.1, 0.15) is 18.5 Å². The molecule has 0 aromatic heterocycles. The lowest BCUT2D eigenvalue weighted by atomic mass is 10.2. The lowest BCUT2D eigenvalue weighted by Crippen LogP contribution is -2.42. The van der Waals surface area contributed by atoms with E-state index in [1.165, 1.54) is 0 Å². The molecule has 1 aliphatic rings. The van der Waals surface area contributed by atoms with Gasteiger partial charge in [-0.15, -0.1) is 0 Å². The molecule has 0 saturated carbocycles. The van der Waals surface area contributed by atoms with E-state index < -0.39 is 0 Å². The minimum absolute atomic E-state index is 0.0359. The molecule has 1 aliphatic heterocycles. The highest BCUT2D eigenvalue weighted by Crippen LogP contribution is 2.30. The van der Waals surface area contributed by atoms with Gasteiger partial charge in [0.15, 0.2) is 18.1 Å². The third-order valence-electron chi connectivity index (χ3n) is 3.28. The van der Waals surface area contributed by atoms with Gasteiger partial charge >= 0.3 is 0 Å². The average molecular weight is 378 g/mol. The molecule has 0 fully saturated rings. The van der Waals surface area contributed by atoms with Gasteiger partial charge in [-0.2, -0.15) is 0 Å². The molecule has 0 unspecified atom stereocenters. The number of carbonyl (C=O) groups is 1. The van der Waals surface area contributed by atoms with Crippen molar-refractivity contribution in [1.82, 2.24) is 5.32 Å². The van der Waals surface area contributed by atoms with Crippen LogP contribution in [0.4, 0.5) is 0 Å². The van der Waals surface area contributed by atoms with Crippen LogP contribution in [0.1, 0.15) is 0 Å². The number of fused-ring (bicyclic) bond motifs is 1. The molecule has 1 amide bonds. The molecule has 2 aromatic rings. The van der Waals surface area contributed by atoms with Crippen LogP contribution in [0.15, 0.2) is 53.0 Å². The quantitative estimate of drug-likeness (QED) is 0.870. The van der Waals surface area contributed by atoms with Gasteiger partial charge in [-0.3, -0.25) is 4.79 Å². The summed E-state index contributed by atoms with van der Waals surface area (Å²) in [6.07, 6.45) is -0.207. The Balaban J connectivity index is 1.42. The Bertz CT molecular complexity index is 675. The second kappa shape index (κ2) is 7.37. The largest absolute Gasteiger partial charge is 0.486 e. The van der Waals surface area contributed by atoms with Crippen molar-refractivity contribution in [2.45, 2.75) is 6.10 Å². The Morgan fingerprint density at radius 2 is 1.91 bits per heavy atom. The molecule has 3 rings (SSSR count). The first kappa shape index (κ1) is 15.7. The fraction of sp³-hybridized carbons (Fsp3) is 0.235. The predicted octanol–water partition coefficient (Wildman–Crippen LogP) is 2.78. The zero-order valence-corrected chi connectivity index (χ0v) is 13.9. The van der Waals surface area contributed by atoms with Gasteiger partial charge in [0.25, 0.3) is 5.91 Å². The van der Waals surface area contributed by atoms with Crippen LogP contribution in [-0.2, 0) is 4.79 Å². The fourth-order valence-corrected chi connectivity index (χ4v) is 2.39. The molecular weight excluding hydrogens is 362 g/mol. The fourth-order valence-electron chi connectivity index (χ4n) is 2.12. The summed E-state index contributed by atoms with van der Waals surface area (Å²) in [5.74, 6) is 1.88. The minimum Gasteiger partial charge on any atom is -0.486 e. The van der Waals surface area contributed by atoms with Gasteiger partial charge in [0, 0.05) is 4.47 Å². The number of carbonyl (C=O) groups excluding carboxylic acids is 1. The molecule has 0 saturated heterocycles. The summed E-state index contributed by atoms with van der Waals surface area (Å²) in [4.78, 5) is 11.8. The molecule has 1 atom stereocenters. The van der Waals surface area contributed by atoms with E-state index in [4.69, 9.17) is 14.2 Å². The molecule has 1 heterocycles. The van der Waals surface area contributed by atoms with E-state index in [2.05, 4.69) is 21.2 Å². The molecule has 0 bridgehead atoms. The lowest BCUT2D eigenvalue weighted by molar-refractivity contribution is -0.123. The monoisotopic (exact) mass is 377 g/mol. The molecule has 5 nitrogen and oxygen atoms in total. The predicted molar refractivity (Wildman–Crippen MR) is 89.0 cm³/mol. The molecule has 6 heteroatoms. The van der Waals surface area contributed by atoms with Crippen molar-refractivity contribution in [3.05, 3.63) is 53.0 Å². The highest BCUT2D eigenvalue weighted by Gasteiger charge is 2.20. The van der Waals surface area contributed by atoms with Gasteiger partial charge in [0.2, 0.25) is 0 Å². The number of nitrogens with one attached hydrogen (secondary N) is 1. The maximum atomic E-state index is 11.8. The molecule has 0 radical (unpaired) electrons. The molecular formula is C17H16BrNO4. The molecule has 2 aromatic carbocycles. The first-order chi connectivity index (χ1) is 11.2. The Labute approximate surface area is 142 Å². The normalized spacial score (nSPS) is 15.8. The van der Waals surface area contributed by atoms with Crippen molar-refractivity contribution < 1.29 is 19.0 Å². The third kappa shape index (κ3) is 4.39. The first-order valence-electron chi connectivity index (χ1n) is 7.24. The number of para-hydroxylation sites is 2. The molecule has 1 N–H and O–H groups in total. The third-order valence-corrected chi connectivity index (χ3v) is 3.81. The zero-order valence-electron chi connectivity index (χ0n) is 12.3. The number of benzene rings is 2. The van der Waals surface area contributed by atoms with Crippen molar-refractivity contribution in [3.8, 4) is 17.2 Å². The van der Waals surface area contributed by atoms with Crippen molar-refractivity contribution >= 4 is 21.8 Å². The van der Waals surface area contributed by atoms with Crippen molar-refractivity contribution in [1.29, 1.82) is 0 Å². The van der Waals surface area contributed by atoms with E-state index in [1.54, 1.807) is 12.1 Å². The van der Waals surface area contributed by atoms with E-state index in [-0.39, 0.29) is 18.6 Å². The van der Waals surface area contributed by atoms with Gasteiger partial charge in [-0.25, -0.2) is 0 Å². The SMILES string of the molecule is O=C(COc1ccc(Br)cc1)NC[C@@H]1COc2ccccc2O1. The average Bonchev–Trinajstić information content (AvgIpc) is 2.59. The summed E-state index contributed by atoms with van der Waals surface area (Å²) in [7, 11) is 0. The standard InChI is InChI=1S/C17H16BrNO4/c18-12-5-7-13(8-6-12)21-11-17(20)19-9-14-10-22-15-3-1-2-4-16(15)23-14/h1-8,14H,9-11H2,(H,19,20)/t14-/m1/s1. The lowest BCUT2D eigenvalue weighted by Gasteiger charge is -2.26. The number of halogens is 1. The van der Waals surface area contributed by atoms with Gasteiger partial charge < -0.3 is 19.5 Å². The Morgan fingerprint density at radius 1 is 1.17 bits per heavy atom. The van der Waals surface area contributed by atoms with E-state index >= 15 is 0 Å². The summed E-state index contributed by atoms with van der Waals surface area (Å²) in [5, 5.41) is 2.79. The van der Waals surface area contributed by atoms with Crippen LogP contribution >= 0.6 is 15.9 Å². The van der Waals surface area contributed by atoms with Crippen LogP contribution in [0.3, 0.4) is 0 Å². The van der Waals surface area contributed by atoms with E-state index in [0.717, 1.165) is 10.2 Å². The Kier molecular flexibility index (Phi) is 5.02. The van der Waals surface area contributed by atoms with Crippen LogP contribution < -0.4 is 19.5 Å². The topological polar surface area (TPSA) is 56.8 Å². The minimum atomic E-state index is -0.207. The second-order valence-electron chi connectivity index (χ2n) is 5.04. The first-order valence-corrected chi connectivity index (χ1v) is 8.03. The maximum Gasteiger partial charge on any atom is 0.258 e. The Morgan fingerprint density at radius 3 is 2.70 bits per heavy atom. The number of amides is 1. The van der Waals surface area contributed by atoms with Crippen LogP contribution in [-0.4, -0.2) is 31.8 Å². The van der Waals surface area contributed by atoms with Crippen molar-refractivity contribution in [2.24, 2.45) is 0 Å².